The Bertz CT molecular complexity index is 2120. The summed E-state index contributed by atoms with van der Waals surface area (Å²) in [7, 11) is 0. The number of benzene rings is 2. The molecule has 2 aromatic carbocycles. The molecule has 0 aliphatic heterocycles. The summed E-state index contributed by atoms with van der Waals surface area (Å²) < 4.78 is 24.4. The average Bonchev–Trinajstić information content (AvgIpc) is 1.04. The number of esters is 2. The maximum Gasteiger partial charge on any atom is 0.513 e. The minimum Gasteiger partial charge on any atom is -0.466 e. The number of non-ortho nitro benzene ring substituents is 2. The van der Waals surface area contributed by atoms with Gasteiger partial charge in [0.1, 0.15) is 11.5 Å². The van der Waals surface area contributed by atoms with Gasteiger partial charge in [0.2, 0.25) is 5.24 Å². The first-order chi connectivity index (χ1) is 47.6. The first-order valence-corrected chi connectivity index (χ1v) is 38.9. The fourth-order valence-electron chi connectivity index (χ4n) is 10.3. The molecule has 0 aliphatic rings. The van der Waals surface area contributed by atoms with E-state index in [1.54, 1.807) is 0 Å². The van der Waals surface area contributed by atoms with Crippen LogP contribution < -0.4 is 9.47 Å². The van der Waals surface area contributed by atoms with Crippen LogP contribution in [0.1, 0.15) is 348 Å². The lowest BCUT2D eigenvalue weighted by atomic mass is 10.0. The Hall–Kier alpha value is -4.95. The van der Waals surface area contributed by atoms with Crippen LogP contribution in [0.3, 0.4) is 0 Å². The van der Waals surface area contributed by atoms with E-state index < -0.39 is 21.4 Å². The third kappa shape index (κ3) is 78.4. The molecule has 0 aromatic heterocycles. The number of hydrogen-bond donors (Lipinski definition) is 3. The number of carbonyl (C=O) groups excluding carboxylic acids is 5. The maximum absolute atomic E-state index is 11.8. The Morgan fingerprint density at radius 2 is 0.571 bits per heavy atom. The van der Waals surface area contributed by atoms with Gasteiger partial charge in [-0.05, 0) is 61.5 Å². The van der Waals surface area contributed by atoms with E-state index in [0.29, 0.717) is 45.1 Å². The number of nitro groups is 2. The molecule has 0 saturated heterocycles. The Balaban J connectivity index is -0.00000126. The molecular formula is C77H134Cl2N2O17. The molecule has 0 atom stereocenters. The largest absolute Gasteiger partial charge is 0.513 e. The van der Waals surface area contributed by atoms with Gasteiger partial charge >= 0.3 is 23.5 Å². The first kappa shape index (κ1) is 97.2. The summed E-state index contributed by atoms with van der Waals surface area (Å²) in [6.45, 7) is 7.67. The lowest BCUT2D eigenvalue weighted by Crippen LogP contribution is -2.13. The van der Waals surface area contributed by atoms with E-state index in [1.165, 1.54) is 293 Å². The number of nitro benzene ring substituents is 2. The minimum absolute atomic E-state index is 0.0536. The van der Waals surface area contributed by atoms with Crippen LogP contribution in [-0.4, -0.2) is 93.6 Å². The first-order valence-electron chi connectivity index (χ1n) is 38.1. The molecule has 2 aromatic rings. The lowest BCUT2D eigenvalue weighted by Gasteiger charge is -2.07. The molecular weight excluding hydrogens is 1300 g/mol. The monoisotopic (exact) mass is 1430 g/mol. The number of nitrogens with zero attached hydrogens (tertiary/aromatic N) is 2. The molecule has 0 radical (unpaired) electrons. The number of unbranched alkanes of at least 4 members (excludes halogenated alkanes) is 42. The van der Waals surface area contributed by atoms with Gasteiger partial charge in [-0.3, -0.25) is 34.6 Å². The van der Waals surface area contributed by atoms with Gasteiger partial charge in [0.05, 0.1) is 29.7 Å². The second kappa shape index (κ2) is 79.4. The van der Waals surface area contributed by atoms with E-state index >= 15 is 0 Å². The van der Waals surface area contributed by atoms with Crippen LogP contribution in [-0.2, 0) is 28.6 Å². The normalized spacial score (nSPS) is 10.5. The predicted molar refractivity (Wildman–Crippen MR) is 397 cm³/mol. The van der Waals surface area contributed by atoms with Crippen LogP contribution in [0.15, 0.2) is 48.5 Å². The summed E-state index contributed by atoms with van der Waals surface area (Å²) in [6.07, 6.45) is 61.6. The van der Waals surface area contributed by atoms with Crippen molar-refractivity contribution in [2.75, 3.05) is 39.6 Å². The standard InChI is InChI=1S/C28H45NO7.C21H42O3.C18H35ClO.C7H4ClNO4.C3H8O2/c1-2-3-4-5-6-7-8-9-10-11-12-13-14-15-16-18-27(30)34-23-17-24-35-28(31)36-26-21-19-25(20-22-26)29(32)33;1-2-3-4-5-6-7-8-9-10-11-12-13-14-15-16-18-21(23)24-20-17-19-22;1-2-3-4-5-6-7-8-9-10-11-12-13-14-15-16-17-18(19)20;8-7(10)13-6-3-1-5(2-4-6)9(11)12;4-2-1-3-5/h19-22H,2-18,23-24H2,1H3;22H,2-20H2,1H3;2-17H2,1H3;1-4H;4-5H,1-3H2. The van der Waals surface area contributed by atoms with E-state index in [1.807, 2.05) is 0 Å². The molecule has 21 heteroatoms. The van der Waals surface area contributed by atoms with Crippen molar-refractivity contribution in [2.45, 2.75) is 348 Å². The van der Waals surface area contributed by atoms with Crippen LogP contribution >= 0.6 is 23.2 Å². The molecule has 0 aliphatic carbocycles. The van der Waals surface area contributed by atoms with Gasteiger partial charge in [0, 0.05) is 87.8 Å². The molecule has 2 rings (SSSR count). The third-order valence-electron chi connectivity index (χ3n) is 16.1. The van der Waals surface area contributed by atoms with Crippen LogP contribution in [0.5, 0.6) is 11.5 Å². The van der Waals surface area contributed by atoms with Crippen molar-refractivity contribution in [3.05, 3.63) is 68.8 Å². The summed E-state index contributed by atoms with van der Waals surface area (Å²) >= 11 is 10.2. The van der Waals surface area contributed by atoms with E-state index in [4.69, 9.17) is 57.5 Å². The van der Waals surface area contributed by atoms with Crippen molar-refractivity contribution in [1.29, 1.82) is 0 Å². The molecule has 19 nitrogen and oxygen atoms in total. The third-order valence-corrected chi connectivity index (χ3v) is 16.4. The Kier molecular flexibility index (Phi) is 78.8. The number of rotatable bonds is 61. The number of aliphatic hydroxyl groups is 3. The van der Waals surface area contributed by atoms with Crippen molar-refractivity contribution < 1.29 is 72.8 Å². The van der Waals surface area contributed by atoms with Crippen LogP contribution in [0.2, 0.25) is 0 Å². The fourth-order valence-corrected chi connectivity index (χ4v) is 10.5. The molecule has 0 fully saturated rings. The number of ether oxygens (including phenoxy) is 5. The van der Waals surface area contributed by atoms with Crippen LogP contribution in [0.4, 0.5) is 21.0 Å². The SMILES string of the molecule is CCCCCCCCCCCCCCCCCC(=O)Cl.CCCCCCCCCCCCCCCCCC(=O)OCCCO.CCCCCCCCCCCCCCCCCC(=O)OCCCOC(=O)Oc1ccc([N+](=O)[O-])cc1.O=C(Cl)Oc1ccc([N+](=O)[O-])cc1.OCCCO. The zero-order valence-electron chi connectivity index (χ0n) is 61.1. The van der Waals surface area contributed by atoms with Gasteiger partial charge in [-0.25, -0.2) is 9.59 Å². The molecule has 568 valence electrons. The average molecular weight is 1430 g/mol. The topological polar surface area (TPSA) is 278 Å². The quantitative estimate of drug-likeness (QED) is 0.0106. The number of aliphatic hydroxyl groups excluding tert-OH is 3. The summed E-state index contributed by atoms with van der Waals surface area (Å²) in [5.74, 6) is -0.0116. The summed E-state index contributed by atoms with van der Waals surface area (Å²) in [5.41, 5.74) is -1.15. The highest BCUT2D eigenvalue weighted by Gasteiger charge is 2.11. The molecule has 98 heavy (non-hydrogen) atoms. The smallest absolute Gasteiger partial charge is 0.466 e. The van der Waals surface area contributed by atoms with Crippen molar-refractivity contribution in [1.82, 2.24) is 0 Å². The molecule has 0 bridgehead atoms. The second-order valence-electron chi connectivity index (χ2n) is 25.2. The Labute approximate surface area is 601 Å². The number of carbonyl (C=O) groups is 5. The van der Waals surface area contributed by atoms with Gasteiger partial charge < -0.3 is 39.0 Å². The zero-order chi connectivity index (χ0) is 72.8. The highest BCUT2D eigenvalue weighted by Crippen LogP contribution is 2.21. The highest BCUT2D eigenvalue weighted by molar-refractivity contribution is 6.63. The van der Waals surface area contributed by atoms with E-state index in [2.05, 4.69) is 25.5 Å². The molecule has 0 saturated carbocycles. The van der Waals surface area contributed by atoms with E-state index in [-0.39, 0.29) is 73.1 Å². The van der Waals surface area contributed by atoms with Gasteiger partial charge in [-0.15, -0.1) is 0 Å². The molecule has 0 spiro atoms. The van der Waals surface area contributed by atoms with Crippen molar-refractivity contribution in [3.63, 3.8) is 0 Å². The molecule has 0 unspecified atom stereocenters. The summed E-state index contributed by atoms with van der Waals surface area (Å²) in [4.78, 5) is 75.3. The van der Waals surface area contributed by atoms with Gasteiger partial charge in [-0.2, -0.15) is 0 Å². The van der Waals surface area contributed by atoms with E-state index in [0.717, 1.165) is 44.9 Å². The van der Waals surface area contributed by atoms with E-state index in [9.17, 15) is 44.2 Å². The van der Waals surface area contributed by atoms with Crippen LogP contribution in [0, 0.1) is 20.2 Å². The van der Waals surface area contributed by atoms with Gasteiger partial charge in [0.25, 0.3) is 11.4 Å². The molecule has 0 amide bonds. The molecule has 0 heterocycles. The van der Waals surface area contributed by atoms with Gasteiger partial charge in [0.15, 0.2) is 0 Å². The van der Waals surface area contributed by atoms with Crippen LogP contribution in [0.25, 0.3) is 0 Å². The Morgan fingerprint density at radius 1 is 0.327 bits per heavy atom. The van der Waals surface area contributed by atoms with Gasteiger partial charge in [-0.1, -0.05) is 290 Å². The number of halogens is 2. The highest BCUT2D eigenvalue weighted by atomic mass is 35.5. The number of hydrogen-bond acceptors (Lipinski definition) is 17. The fraction of sp³-hybridized carbons (Fsp3) is 0.779. The predicted octanol–water partition coefficient (Wildman–Crippen LogP) is 23.2. The minimum atomic E-state index is -0.978. The van der Waals surface area contributed by atoms with Crippen molar-refractivity contribution >= 4 is 63.3 Å². The summed E-state index contributed by atoms with van der Waals surface area (Å²) in [5, 5.41) is 45.0. The second-order valence-corrected chi connectivity index (χ2v) is 25.9. The zero-order valence-corrected chi connectivity index (χ0v) is 62.6. The summed E-state index contributed by atoms with van der Waals surface area (Å²) in [6, 6.07) is 10.1. The van der Waals surface area contributed by atoms with Crippen molar-refractivity contribution in [3.8, 4) is 11.5 Å². The Morgan fingerprint density at radius 3 is 0.816 bits per heavy atom. The maximum atomic E-state index is 11.8. The van der Waals surface area contributed by atoms with Crippen molar-refractivity contribution in [2.24, 2.45) is 0 Å². The lowest BCUT2D eigenvalue weighted by molar-refractivity contribution is -0.385. The molecule has 3 N–H and O–H groups in total.